The van der Waals surface area contributed by atoms with E-state index in [4.69, 9.17) is 17.5 Å². The maximum Gasteiger partial charge on any atom is 0.331 e. The Kier molecular flexibility index (Phi) is 7.32. The van der Waals surface area contributed by atoms with Crippen LogP contribution in [0.4, 0.5) is 15.3 Å². The van der Waals surface area contributed by atoms with Gasteiger partial charge in [-0.2, -0.15) is 5.90 Å². The van der Waals surface area contributed by atoms with E-state index in [-0.39, 0.29) is 13.0 Å². The fourth-order valence-electron chi connectivity index (χ4n) is 4.33. The highest BCUT2D eigenvalue weighted by atomic mass is 35.5. The van der Waals surface area contributed by atoms with Crippen LogP contribution in [0.3, 0.4) is 0 Å². The first-order valence-corrected chi connectivity index (χ1v) is 11.9. The number of hydrogen-bond donors (Lipinski definition) is 3. The Hall–Kier alpha value is -3.83. The number of anilines is 1. The summed E-state index contributed by atoms with van der Waals surface area (Å²) in [5.41, 5.74) is 3.27. The number of hydrogen-bond acceptors (Lipinski definition) is 7. The van der Waals surface area contributed by atoms with E-state index in [9.17, 15) is 14.4 Å². The van der Waals surface area contributed by atoms with Crippen LogP contribution in [0.25, 0.3) is 11.0 Å². The molecule has 36 heavy (non-hydrogen) atoms. The van der Waals surface area contributed by atoms with Gasteiger partial charge in [0, 0.05) is 17.3 Å². The summed E-state index contributed by atoms with van der Waals surface area (Å²) < 4.78 is 2.10. The molecule has 12 heteroatoms. The number of halogens is 1. The largest absolute Gasteiger partial charge is 0.373 e. The van der Waals surface area contributed by atoms with Crippen LogP contribution in [0.15, 0.2) is 42.5 Å². The number of urea groups is 2. The molecule has 1 aromatic heterocycles. The van der Waals surface area contributed by atoms with Gasteiger partial charge in [-0.1, -0.05) is 23.7 Å². The average molecular weight is 514 g/mol. The molecular weight excluding hydrogens is 486 g/mol. The maximum atomic E-state index is 13.5. The SMILES string of the molecule is CCn1c(C)nc2cc(NC3NC(=O)N([C@@H](C)CC(=O)ON)C(=O)N3Cc3ccc(Cl)cc3)ccc21. The van der Waals surface area contributed by atoms with Crippen LogP contribution >= 0.6 is 11.6 Å². The van der Waals surface area contributed by atoms with E-state index in [0.717, 1.165) is 33.9 Å². The Morgan fingerprint density at radius 3 is 2.64 bits per heavy atom. The number of rotatable bonds is 8. The van der Waals surface area contributed by atoms with Crippen molar-refractivity contribution in [2.24, 2.45) is 5.90 Å². The number of amides is 4. The molecule has 11 nitrogen and oxygen atoms in total. The molecule has 0 saturated carbocycles. The minimum Gasteiger partial charge on any atom is -0.373 e. The number of carbonyl (C=O) groups excluding carboxylic acids is 3. The first kappa shape index (κ1) is 25.3. The Labute approximate surface area is 213 Å². The van der Waals surface area contributed by atoms with Gasteiger partial charge in [0.15, 0.2) is 6.29 Å². The third kappa shape index (κ3) is 5.07. The Morgan fingerprint density at radius 2 is 1.97 bits per heavy atom. The highest BCUT2D eigenvalue weighted by molar-refractivity contribution is 6.30. The second kappa shape index (κ2) is 10.4. The lowest BCUT2D eigenvalue weighted by atomic mass is 10.2. The molecule has 4 N–H and O–H groups in total. The lowest BCUT2D eigenvalue weighted by Gasteiger charge is -2.43. The van der Waals surface area contributed by atoms with E-state index in [1.165, 1.54) is 4.90 Å². The molecule has 2 aromatic carbocycles. The number of aryl methyl sites for hydroxylation is 2. The van der Waals surface area contributed by atoms with Gasteiger partial charge in [0.2, 0.25) is 0 Å². The van der Waals surface area contributed by atoms with Gasteiger partial charge in [0.25, 0.3) is 0 Å². The number of nitrogens with two attached hydrogens (primary N) is 1. The Morgan fingerprint density at radius 1 is 1.25 bits per heavy atom. The number of fused-ring (bicyclic) bond motifs is 1. The molecule has 190 valence electrons. The third-order valence-corrected chi connectivity index (χ3v) is 6.35. The lowest BCUT2D eigenvalue weighted by Crippen LogP contribution is -2.68. The predicted octanol–water partition coefficient (Wildman–Crippen LogP) is 3.56. The highest BCUT2D eigenvalue weighted by Gasteiger charge is 2.41. The van der Waals surface area contributed by atoms with Crippen LogP contribution in [0, 0.1) is 6.92 Å². The van der Waals surface area contributed by atoms with Crippen LogP contribution in [0.1, 0.15) is 31.7 Å². The summed E-state index contributed by atoms with van der Waals surface area (Å²) in [6.45, 7) is 6.54. The maximum absolute atomic E-state index is 13.5. The number of imidazole rings is 1. The number of benzene rings is 2. The first-order chi connectivity index (χ1) is 17.2. The fraction of sp³-hybridized carbons (Fsp3) is 0.333. The van der Waals surface area contributed by atoms with Gasteiger partial charge < -0.3 is 14.7 Å². The Balaban J connectivity index is 1.63. The number of carbonyl (C=O) groups is 3. The number of imide groups is 1. The molecule has 4 amide bonds. The molecule has 0 aliphatic carbocycles. The normalized spacial score (nSPS) is 16.8. The van der Waals surface area contributed by atoms with Crippen molar-refractivity contribution < 1.29 is 19.2 Å². The van der Waals surface area contributed by atoms with E-state index in [2.05, 4.69) is 31.9 Å². The van der Waals surface area contributed by atoms with Crippen LogP contribution in [-0.4, -0.2) is 49.7 Å². The summed E-state index contributed by atoms with van der Waals surface area (Å²) in [4.78, 5) is 49.5. The predicted molar refractivity (Wildman–Crippen MR) is 135 cm³/mol. The van der Waals surface area contributed by atoms with Crippen LogP contribution in [0.2, 0.25) is 5.02 Å². The van der Waals surface area contributed by atoms with Crippen molar-refractivity contribution in [3.63, 3.8) is 0 Å². The van der Waals surface area contributed by atoms with Crippen molar-refractivity contribution in [3.05, 3.63) is 58.9 Å². The summed E-state index contributed by atoms with van der Waals surface area (Å²) in [5.74, 6) is 5.10. The molecule has 0 radical (unpaired) electrons. The zero-order chi connectivity index (χ0) is 26.0. The monoisotopic (exact) mass is 513 g/mol. The summed E-state index contributed by atoms with van der Waals surface area (Å²) in [7, 11) is 0. The highest BCUT2D eigenvalue weighted by Crippen LogP contribution is 2.24. The molecule has 1 saturated heterocycles. The zero-order valence-electron chi connectivity index (χ0n) is 20.2. The molecule has 1 aliphatic heterocycles. The van der Waals surface area contributed by atoms with Gasteiger partial charge >= 0.3 is 18.0 Å². The lowest BCUT2D eigenvalue weighted by molar-refractivity contribution is -0.145. The summed E-state index contributed by atoms with van der Waals surface area (Å²) >= 11 is 6.02. The first-order valence-electron chi connectivity index (χ1n) is 11.5. The number of aromatic nitrogens is 2. The van der Waals surface area contributed by atoms with Crippen molar-refractivity contribution in [2.45, 2.75) is 52.6 Å². The van der Waals surface area contributed by atoms with E-state index >= 15 is 0 Å². The van der Waals surface area contributed by atoms with Crippen LogP contribution < -0.4 is 16.5 Å². The minimum atomic E-state index is -0.864. The van der Waals surface area contributed by atoms with Crippen molar-refractivity contribution in [1.29, 1.82) is 0 Å². The third-order valence-electron chi connectivity index (χ3n) is 6.10. The van der Waals surface area contributed by atoms with Crippen LogP contribution in [0.5, 0.6) is 0 Å². The van der Waals surface area contributed by atoms with Crippen molar-refractivity contribution in [3.8, 4) is 0 Å². The average Bonchev–Trinajstić information content (AvgIpc) is 3.16. The van der Waals surface area contributed by atoms with Crippen molar-refractivity contribution in [2.75, 3.05) is 5.32 Å². The smallest absolute Gasteiger partial charge is 0.331 e. The quantitative estimate of drug-likeness (QED) is 0.392. The molecular formula is C24H28ClN7O4. The second-order valence-corrected chi connectivity index (χ2v) is 8.99. The summed E-state index contributed by atoms with van der Waals surface area (Å²) in [6, 6.07) is 10.8. The standard InChI is InChI=1S/C24H28ClN7O4/c1-4-30-15(3)27-19-12-18(9-10-20(19)30)28-22-29-23(34)32(14(2)11-21(33)36-26)24(35)31(22)13-16-5-7-17(25)8-6-16/h5-10,12,14,22,28H,4,11,13,26H2,1-3H3,(H,29,34)/t14-,22?/m0/s1. The molecule has 2 heterocycles. The number of nitrogens with zero attached hydrogens (tertiary/aromatic N) is 4. The van der Waals surface area contributed by atoms with Crippen LogP contribution in [-0.2, 0) is 22.7 Å². The minimum absolute atomic E-state index is 0.171. The van der Waals surface area contributed by atoms with Gasteiger partial charge in [-0.3, -0.25) is 15.0 Å². The molecule has 1 fully saturated rings. The van der Waals surface area contributed by atoms with Crippen molar-refractivity contribution >= 4 is 46.4 Å². The summed E-state index contributed by atoms with van der Waals surface area (Å²) in [6.07, 6.45) is -1.10. The zero-order valence-corrected chi connectivity index (χ0v) is 21.0. The van der Waals surface area contributed by atoms with Gasteiger partial charge in [-0.15, -0.1) is 0 Å². The molecule has 1 unspecified atom stereocenters. The number of nitrogens with one attached hydrogen (secondary N) is 2. The van der Waals surface area contributed by atoms with Gasteiger partial charge in [0.05, 0.1) is 30.0 Å². The second-order valence-electron chi connectivity index (χ2n) is 8.55. The molecule has 0 spiro atoms. The fourth-order valence-corrected chi connectivity index (χ4v) is 4.45. The van der Waals surface area contributed by atoms with E-state index < -0.39 is 30.4 Å². The molecule has 1 aliphatic rings. The van der Waals surface area contributed by atoms with Gasteiger partial charge in [-0.25, -0.2) is 19.5 Å². The van der Waals surface area contributed by atoms with E-state index in [1.807, 2.05) is 25.1 Å². The molecule has 3 aromatic rings. The van der Waals surface area contributed by atoms with E-state index in [1.54, 1.807) is 31.2 Å². The molecule has 2 atom stereocenters. The van der Waals surface area contributed by atoms with E-state index in [0.29, 0.717) is 10.7 Å². The van der Waals surface area contributed by atoms with Gasteiger partial charge in [-0.05, 0) is 56.7 Å². The topological polar surface area (TPSA) is 135 Å². The Bertz CT molecular complexity index is 1290. The molecule has 0 bridgehead atoms. The van der Waals surface area contributed by atoms with Gasteiger partial charge in [0.1, 0.15) is 5.82 Å². The summed E-state index contributed by atoms with van der Waals surface area (Å²) in [5, 5.41) is 6.62. The van der Waals surface area contributed by atoms with Crippen molar-refractivity contribution in [1.82, 2.24) is 24.7 Å². The molecule has 4 rings (SSSR count).